The molecule has 0 spiro atoms. The van der Waals surface area contributed by atoms with Crippen molar-refractivity contribution in [3.63, 3.8) is 0 Å². The van der Waals surface area contributed by atoms with Crippen molar-refractivity contribution in [3.05, 3.63) is 363 Å². The van der Waals surface area contributed by atoms with Gasteiger partial charge >= 0.3 is 6.09 Å². The van der Waals surface area contributed by atoms with Gasteiger partial charge in [0.25, 0.3) is 22.2 Å². The van der Waals surface area contributed by atoms with Gasteiger partial charge in [0.2, 0.25) is 23.8 Å². The Labute approximate surface area is 732 Å². The summed E-state index contributed by atoms with van der Waals surface area (Å²) in [6.45, 7) is 8.56. The first kappa shape index (κ1) is 85.9. The largest absolute Gasteiger partial charge is 0.444 e. The van der Waals surface area contributed by atoms with Gasteiger partial charge in [0.05, 0.1) is 61.7 Å². The number of benzene rings is 9. The summed E-state index contributed by atoms with van der Waals surface area (Å²) >= 11 is 0. The number of rotatable bonds is 20. The number of hydrogen-bond acceptors (Lipinski definition) is 13. The molecule has 129 heavy (non-hydrogen) atoms. The van der Waals surface area contributed by atoms with Crippen molar-refractivity contribution >= 4 is 50.2 Å². The van der Waals surface area contributed by atoms with Gasteiger partial charge < -0.3 is 34.9 Å². The summed E-state index contributed by atoms with van der Waals surface area (Å²) in [6, 6.07) is 59.2. The molecule has 32 heteroatoms. The zero-order valence-corrected chi connectivity index (χ0v) is 70.5. The van der Waals surface area contributed by atoms with E-state index in [4.69, 9.17) is 4.74 Å². The number of aromatic amines is 8. The maximum atomic E-state index is 13.9. The van der Waals surface area contributed by atoms with Gasteiger partial charge in [0.15, 0.2) is 11.6 Å². The van der Waals surface area contributed by atoms with Gasteiger partial charge in [-0.15, -0.1) is 0 Å². The third-order valence-electron chi connectivity index (χ3n) is 23.0. The molecule has 0 aliphatic carbocycles. The number of nitrogens with zero attached hydrogens (tertiary/aromatic N) is 11. The maximum Gasteiger partial charge on any atom is 0.410 e. The van der Waals surface area contributed by atoms with E-state index in [0.29, 0.717) is 152 Å². The van der Waals surface area contributed by atoms with E-state index in [1.807, 2.05) is 118 Å². The Kier molecular flexibility index (Phi) is 25.3. The lowest BCUT2D eigenvalue weighted by Crippen LogP contribution is -2.41. The van der Waals surface area contributed by atoms with Crippen LogP contribution in [0.15, 0.2) is 250 Å². The second-order valence-electron chi connectivity index (χ2n) is 32.8. The van der Waals surface area contributed by atoms with Crippen LogP contribution < -0.4 is 27.6 Å². The minimum absolute atomic E-state index is 0.0651. The average molecular weight is 1750 g/mol. The number of carbonyl (C=O) groups is 1. The molecule has 20 rings (SSSR count). The SMILES string of the molecule is CC(C)(C)OC(=O)N1CCC(c2[nH]n(-c3nc4ccccc4[nH]3)c(=O)c2CCc2ccc(F)cc2)CC1.O=c1c(CCc2ccc(F)c(F)c2)c(-c2cnccn2)[nH]n1-c1nc2ccccc2[nH]1.O=c1c(CCc2ccc(F)cc2)c(-c2cccc(F)c2)[nH]n1-c1nc2ccccc2[nH]1.O=c1c(CCc2ccc(F)cc2)c(C2CCNCC2)[nH]n1-c1nc2ccccc2[nH]1. The number of halogens is 6. The minimum atomic E-state index is -0.916. The van der Waals surface area contributed by atoms with E-state index in [1.165, 1.54) is 79.5 Å². The van der Waals surface area contributed by atoms with E-state index in [9.17, 15) is 50.3 Å². The van der Waals surface area contributed by atoms with Crippen LogP contribution in [-0.2, 0) is 56.1 Å². The highest BCUT2D eigenvalue weighted by atomic mass is 19.2. The Morgan fingerprint density at radius 1 is 0.395 bits per heavy atom. The highest BCUT2D eigenvalue weighted by molar-refractivity contribution is 5.79. The van der Waals surface area contributed by atoms with Gasteiger partial charge in [0.1, 0.15) is 34.6 Å². The topological polar surface area (TPSA) is 333 Å². The molecule has 9 N–H and O–H groups in total. The molecule has 656 valence electrons. The molecule has 9 aromatic heterocycles. The second kappa shape index (κ2) is 37.9. The number of amides is 1. The number of likely N-dealkylation sites (tertiary alicyclic amines) is 1. The zero-order valence-electron chi connectivity index (χ0n) is 70.5. The van der Waals surface area contributed by atoms with E-state index >= 15 is 0 Å². The first-order chi connectivity index (χ1) is 62.5. The van der Waals surface area contributed by atoms with Crippen LogP contribution in [0, 0.1) is 34.9 Å². The first-order valence-corrected chi connectivity index (χ1v) is 42.6. The summed E-state index contributed by atoms with van der Waals surface area (Å²) < 4.78 is 91.7. The summed E-state index contributed by atoms with van der Waals surface area (Å²) in [5.41, 5.74) is 15.0. The third kappa shape index (κ3) is 19.7. The number of aryl methyl sites for hydroxylation is 4. The number of nitrogens with one attached hydrogen (secondary N) is 9. The Hall–Kier alpha value is -15.2. The Morgan fingerprint density at radius 3 is 1.19 bits per heavy atom. The number of para-hydroxylation sites is 8. The van der Waals surface area contributed by atoms with Crippen LogP contribution >= 0.6 is 0 Å². The van der Waals surface area contributed by atoms with Gasteiger partial charge in [-0.1, -0.05) is 103 Å². The predicted molar refractivity (Wildman–Crippen MR) is 480 cm³/mol. The molecule has 18 aromatic rings. The van der Waals surface area contributed by atoms with Crippen LogP contribution in [0.25, 0.3) is 90.6 Å². The van der Waals surface area contributed by atoms with Crippen LogP contribution in [0.2, 0.25) is 0 Å². The van der Waals surface area contributed by atoms with Crippen LogP contribution in [0.4, 0.5) is 31.1 Å². The van der Waals surface area contributed by atoms with Crippen molar-refractivity contribution < 1.29 is 35.9 Å². The molecule has 2 aliphatic rings. The molecule has 2 aliphatic heterocycles. The molecule has 1 amide bonds. The Bertz CT molecular complexity index is 7120. The maximum absolute atomic E-state index is 13.9. The number of imidazole rings is 4. The van der Waals surface area contributed by atoms with E-state index < -0.39 is 17.2 Å². The van der Waals surface area contributed by atoms with Gasteiger partial charge in [-0.2, -0.15) is 18.7 Å². The van der Waals surface area contributed by atoms with Crippen LogP contribution in [0.1, 0.15) is 114 Å². The molecule has 2 fully saturated rings. The molecule has 0 radical (unpaired) electrons. The van der Waals surface area contributed by atoms with E-state index in [1.54, 1.807) is 65.8 Å². The lowest BCUT2D eigenvalue weighted by atomic mass is 9.90. The fourth-order valence-corrected chi connectivity index (χ4v) is 16.4. The predicted octanol–water partition coefficient (Wildman–Crippen LogP) is 16.8. The van der Waals surface area contributed by atoms with Crippen molar-refractivity contribution in [3.8, 4) is 46.4 Å². The highest BCUT2D eigenvalue weighted by Gasteiger charge is 2.33. The van der Waals surface area contributed by atoms with Crippen molar-refractivity contribution in [2.75, 3.05) is 26.2 Å². The number of ether oxygens (including phenoxy) is 1. The van der Waals surface area contributed by atoms with Gasteiger partial charge in [-0.3, -0.25) is 49.5 Å². The molecule has 11 heterocycles. The summed E-state index contributed by atoms with van der Waals surface area (Å²) in [5, 5.41) is 16.3. The lowest BCUT2D eigenvalue weighted by molar-refractivity contribution is 0.0203. The van der Waals surface area contributed by atoms with Crippen molar-refractivity contribution in [2.24, 2.45) is 0 Å². The van der Waals surface area contributed by atoms with E-state index in [2.05, 4.69) is 75.6 Å². The monoisotopic (exact) mass is 1740 g/mol. The quantitative estimate of drug-likeness (QED) is 0.0321. The molecular weight excluding hydrogens is 1660 g/mol. The van der Waals surface area contributed by atoms with E-state index in [-0.39, 0.29) is 57.5 Å². The average Bonchev–Trinajstić information content (AvgIpc) is 1.63. The van der Waals surface area contributed by atoms with Crippen molar-refractivity contribution in [1.29, 1.82) is 0 Å². The molecule has 0 unspecified atom stereocenters. The first-order valence-electron chi connectivity index (χ1n) is 42.6. The minimum Gasteiger partial charge on any atom is -0.444 e. The number of fused-ring (bicyclic) bond motifs is 4. The number of aromatic nitrogens is 18. The molecule has 2 saturated heterocycles. The van der Waals surface area contributed by atoms with E-state index in [0.717, 1.165) is 116 Å². The number of carbonyl (C=O) groups excluding carboxylic acids is 1. The number of H-pyrrole nitrogens is 8. The lowest BCUT2D eigenvalue weighted by Gasteiger charge is -2.33. The summed E-state index contributed by atoms with van der Waals surface area (Å²) in [4.78, 5) is 107. The van der Waals surface area contributed by atoms with Crippen LogP contribution in [-0.4, -0.2) is 132 Å². The molecule has 0 saturated carbocycles. The molecule has 0 atom stereocenters. The fourth-order valence-electron chi connectivity index (χ4n) is 16.4. The van der Waals surface area contributed by atoms with Crippen molar-refractivity contribution in [2.45, 2.75) is 115 Å². The number of piperidine rings is 2. The van der Waals surface area contributed by atoms with Gasteiger partial charge in [-0.05, 0) is 242 Å². The molecule has 9 aromatic carbocycles. The normalized spacial score (nSPS) is 13.2. The molecular formula is C97H90F6N20O6. The fraction of sp³-hybridized carbons (Fsp3) is 0.227. The summed E-state index contributed by atoms with van der Waals surface area (Å²) in [7, 11) is 0. The smallest absolute Gasteiger partial charge is 0.410 e. The summed E-state index contributed by atoms with van der Waals surface area (Å²) in [5.74, 6) is -1.01. The van der Waals surface area contributed by atoms with Crippen molar-refractivity contribution in [1.82, 2.24) is 99.2 Å². The summed E-state index contributed by atoms with van der Waals surface area (Å²) in [6.07, 6.45) is 11.7. The molecule has 26 nitrogen and oxygen atoms in total. The Morgan fingerprint density at radius 2 is 0.783 bits per heavy atom. The number of hydrogen-bond donors (Lipinski definition) is 9. The standard InChI is InChI=1S/C28H32FN5O3.C24H18F2N4O.C23H24FN5O.C22H16F2N6O/c1-28(2,3)37-27(36)33-16-14-19(15-17-33)24-21(13-10-18-8-11-20(29)12-9-18)25(35)34(32-24)26-30-22-6-4-5-7-23(22)31-26;25-17-11-8-15(9-12-17)10-13-19-22(16-4-3-5-18(26)14-16)29-30(23(19)31)24-27-20-6-1-2-7-21(20)28-24;24-17-8-5-15(6-9-17)7-10-18-21(16-11-13-25-14-12-16)28-29(22(18)30)23-26-19-3-1-2-4-20(19)27-23;23-15-8-6-13(11-16(15)24)5-7-14-20(19-12-25-9-10-26-19)29-30(21(14)31)22-27-17-3-1-2-4-18(17)28-22/h4-9,11-12,19,32H,10,13-17H2,1-3H3,(H,30,31);1-9,11-12,14,29H,10,13H2,(H,27,28);1-6,8-9,16,25,28H,7,10-14H2,(H,26,27);1-4,6,8-12,29H,5,7H2,(H,27,28). The second-order valence-corrected chi connectivity index (χ2v) is 32.8. The third-order valence-corrected chi connectivity index (χ3v) is 23.0. The highest BCUT2D eigenvalue weighted by Crippen LogP contribution is 2.33. The van der Waals surface area contributed by atoms with Gasteiger partial charge in [-0.25, -0.2) is 51.1 Å². The zero-order chi connectivity index (χ0) is 89.4. The van der Waals surface area contributed by atoms with Gasteiger partial charge in [0, 0.05) is 76.5 Å². The van der Waals surface area contributed by atoms with Crippen LogP contribution in [0.3, 0.4) is 0 Å². The Balaban J connectivity index is 0.000000121. The van der Waals surface area contributed by atoms with Crippen LogP contribution in [0.5, 0.6) is 0 Å². The molecule has 0 bridgehead atoms.